The number of hydrogen-bond acceptors (Lipinski definition) is 1. The van der Waals surface area contributed by atoms with E-state index in [1.54, 1.807) is 0 Å². The highest BCUT2D eigenvalue weighted by Crippen LogP contribution is 2.41. The molecule has 3 unspecified atom stereocenters. The second-order valence-corrected chi connectivity index (χ2v) is 5.70. The van der Waals surface area contributed by atoms with E-state index < -0.39 is 0 Å². The molecule has 2 heteroatoms. The fourth-order valence-electron chi connectivity index (χ4n) is 3.25. The van der Waals surface area contributed by atoms with Gasteiger partial charge in [-0.1, -0.05) is 56.0 Å². The van der Waals surface area contributed by atoms with Gasteiger partial charge in [0.2, 0.25) is 0 Å². The van der Waals surface area contributed by atoms with Crippen LogP contribution < -0.4 is 5.73 Å². The van der Waals surface area contributed by atoms with Crippen molar-refractivity contribution in [1.82, 2.24) is 0 Å². The first kappa shape index (κ1) is 12.9. The number of benzene rings is 1. The predicted octanol–water partition coefficient (Wildman–Crippen LogP) is 4.21. The van der Waals surface area contributed by atoms with Crippen LogP contribution in [0.2, 0.25) is 5.02 Å². The van der Waals surface area contributed by atoms with Gasteiger partial charge in [0.15, 0.2) is 0 Å². The molecular formula is C15H22ClN. The van der Waals surface area contributed by atoms with Gasteiger partial charge in [-0.05, 0) is 36.4 Å². The molecule has 0 amide bonds. The fraction of sp³-hybridized carbons (Fsp3) is 0.600. The van der Waals surface area contributed by atoms with Gasteiger partial charge < -0.3 is 5.73 Å². The Bertz CT molecular complexity index is 364. The zero-order valence-electron chi connectivity index (χ0n) is 10.5. The monoisotopic (exact) mass is 251 g/mol. The number of halogens is 1. The molecule has 17 heavy (non-hydrogen) atoms. The first-order valence-corrected chi connectivity index (χ1v) is 7.06. The minimum atomic E-state index is 0.430. The van der Waals surface area contributed by atoms with Gasteiger partial charge in [0.05, 0.1) is 0 Å². The molecule has 0 aliphatic heterocycles. The maximum absolute atomic E-state index is 6.31. The van der Waals surface area contributed by atoms with Crippen LogP contribution >= 0.6 is 11.6 Å². The summed E-state index contributed by atoms with van der Waals surface area (Å²) in [7, 11) is 0. The largest absolute Gasteiger partial charge is 0.330 e. The van der Waals surface area contributed by atoms with E-state index in [0.29, 0.717) is 18.4 Å². The van der Waals surface area contributed by atoms with Crippen LogP contribution in [-0.4, -0.2) is 6.54 Å². The number of hydrogen-bond donors (Lipinski definition) is 1. The van der Waals surface area contributed by atoms with Crippen LogP contribution in [-0.2, 0) is 0 Å². The molecule has 94 valence electrons. The van der Waals surface area contributed by atoms with Crippen LogP contribution in [0.3, 0.4) is 0 Å². The van der Waals surface area contributed by atoms with E-state index in [0.717, 1.165) is 10.9 Å². The average Bonchev–Trinajstić information content (AvgIpc) is 2.34. The maximum Gasteiger partial charge on any atom is 0.0441 e. The summed E-state index contributed by atoms with van der Waals surface area (Å²) in [5.74, 6) is 1.90. The third-order valence-corrected chi connectivity index (χ3v) is 4.60. The van der Waals surface area contributed by atoms with Gasteiger partial charge in [0.1, 0.15) is 0 Å². The zero-order chi connectivity index (χ0) is 12.3. The van der Waals surface area contributed by atoms with Crippen LogP contribution in [0.4, 0.5) is 0 Å². The van der Waals surface area contributed by atoms with Crippen molar-refractivity contribution in [2.75, 3.05) is 6.54 Å². The Labute approximate surface area is 109 Å². The molecule has 1 aliphatic rings. The Hall–Kier alpha value is -0.530. The van der Waals surface area contributed by atoms with Crippen molar-refractivity contribution in [2.24, 2.45) is 17.6 Å². The molecule has 2 N–H and O–H groups in total. The predicted molar refractivity (Wildman–Crippen MR) is 74.4 cm³/mol. The summed E-state index contributed by atoms with van der Waals surface area (Å²) in [6.07, 6.45) is 5.35. The summed E-state index contributed by atoms with van der Waals surface area (Å²) in [5, 5.41) is 0.876. The topological polar surface area (TPSA) is 26.0 Å². The van der Waals surface area contributed by atoms with Crippen LogP contribution in [0.1, 0.15) is 44.1 Å². The van der Waals surface area contributed by atoms with E-state index >= 15 is 0 Å². The van der Waals surface area contributed by atoms with Gasteiger partial charge in [0.25, 0.3) is 0 Å². The zero-order valence-corrected chi connectivity index (χ0v) is 11.3. The third-order valence-electron chi connectivity index (χ3n) is 4.25. The van der Waals surface area contributed by atoms with Gasteiger partial charge in [0, 0.05) is 10.9 Å². The van der Waals surface area contributed by atoms with Crippen molar-refractivity contribution in [3.63, 3.8) is 0 Å². The smallest absolute Gasteiger partial charge is 0.0441 e. The fourth-order valence-corrected chi connectivity index (χ4v) is 3.53. The second kappa shape index (κ2) is 5.88. The van der Waals surface area contributed by atoms with E-state index in [1.165, 1.54) is 31.2 Å². The average molecular weight is 252 g/mol. The van der Waals surface area contributed by atoms with Crippen molar-refractivity contribution < 1.29 is 0 Å². The number of rotatable bonds is 3. The lowest BCUT2D eigenvalue weighted by Crippen LogP contribution is -2.29. The summed E-state index contributed by atoms with van der Waals surface area (Å²) >= 11 is 6.31. The van der Waals surface area contributed by atoms with Crippen molar-refractivity contribution in [3.8, 4) is 0 Å². The standard InChI is InChI=1S/C15H22ClN/c1-11-6-2-3-7-12(11)14(10-17)13-8-4-5-9-15(13)16/h4-5,8-9,11-12,14H,2-3,6-7,10,17H2,1H3. The molecule has 3 atom stereocenters. The van der Waals surface area contributed by atoms with Crippen LogP contribution in [0.25, 0.3) is 0 Å². The van der Waals surface area contributed by atoms with E-state index in [4.69, 9.17) is 17.3 Å². The van der Waals surface area contributed by atoms with Gasteiger partial charge in [-0.25, -0.2) is 0 Å². The highest BCUT2D eigenvalue weighted by molar-refractivity contribution is 6.31. The van der Waals surface area contributed by atoms with Crippen molar-refractivity contribution >= 4 is 11.6 Å². The summed E-state index contributed by atoms with van der Waals surface area (Å²) in [6.45, 7) is 3.07. The van der Waals surface area contributed by atoms with Crippen molar-refractivity contribution in [3.05, 3.63) is 34.9 Å². The molecule has 0 aromatic heterocycles. The Morgan fingerprint density at radius 3 is 2.65 bits per heavy atom. The molecule has 0 spiro atoms. The third kappa shape index (κ3) is 2.83. The van der Waals surface area contributed by atoms with Crippen molar-refractivity contribution in [1.29, 1.82) is 0 Å². The summed E-state index contributed by atoms with van der Waals surface area (Å²) in [6, 6.07) is 8.18. The Morgan fingerprint density at radius 1 is 1.29 bits per heavy atom. The van der Waals surface area contributed by atoms with E-state index in [1.807, 2.05) is 12.1 Å². The lowest BCUT2D eigenvalue weighted by molar-refractivity contribution is 0.219. The van der Waals surface area contributed by atoms with E-state index in [2.05, 4.69) is 19.1 Å². The molecule has 1 aliphatic carbocycles. The lowest BCUT2D eigenvalue weighted by Gasteiger charge is -2.35. The van der Waals surface area contributed by atoms with Gasteiger partial charge in [-0.15, -0.1) is 0 Å². The first-order valence-electron chi connectivity index (χ1n) is 6.68. The highest BCUT2D eigenvalue weighted by Gasteiger charge is 2.30. The summed E-state index contributed by atoms with van der Waals surface area (Å²) < 4.78 is 0. The molecule has 1 fully saturated rings. The molecule has 0 saturated heterocycles. The Morgan fingerprint density at radius 2 is 2.00 bits per heavy atom. The molecular weight excluding hydrogens is 230 g/mol. The van der Waals surface area contributed by atoms with Gasteiger partial charge >= 0.3 is 0 Å². The van der Waals surface area contributed by atoms with Gasteiger partial charge in [-0.2, -0.15) is 0 Å². The molecule has 0 heterocycles. The normalized spacial score (nSPS) is 26.8. The summed E-state index contributed by atoms with van der Waals surface area (Å²) in [5.41, 5.74) is 7.25. The van der Waals surface area contributed by atoms with Gasteiger partial charge in [-0.3, -0.25) is 0 Å². The SMILES string of the molecule is CC1CCCCC1C(CN)c1ccccc1Cl. The molecule has 1 aromatic carbocycles. The summed E-state index contributed by atoms with van der Waals surface area (Å²) in [4.78, 5) is 0. The minimum Gasteiger partial charge on any atom is -0.330 e. The molecule has 1 nitrogen and oxygen atoms in total. The molecule has 0 bridgehead atoms. The Kier molecular flexibility index (Phi) is 4.47. The minimum absolute atomic E-state index is 0.430. The lowest BCUT2D eigenvalue weighted by atomic mass is 9.71. The molecule has 2 rings (SSSR count). The first-order chi connectivity index (χ1) is 8.24. The van der Waals surface area contributed by atoms with Crippen LogP contribution in [0, 0.1) is 11.8 Å². The maximum atomic E-state index is 6.31. The van der Waals surface area contributed by atoms with Crippen LogP contribution in [0.15, 0.2) is 24.3 Å². The Balaban J connectivity index is 2.23. The van der Waals surface area contributed by atoms with Crippen LogP contribution in [0.5, 0.6) is 0 Å². The van der Waals surface area contributed by atoms with E-state index in [9.17, 15) is 0 Å². The second-order valence-electron chi connectivity index (χ2n) is 5.29. The van der Waals surface area contributed by atoms with Crippen molar-refractivity contribution in [2.45, 2.75) is 38.5 Å². The number of nitrogens with two attached hydrogens (primary N) is 1. The molecule has 0 radical (unpaired) electrons. The van der Waals surface area contributed by atoms with E-state index in [-0.39, 0.29) is 0 Å². The quantitative estimate of drug-likeness (QED) is 0.856. The highest BCUT2D eigenvalue weighted by atomic mass is 35.5. The molecule has 1 aromatic rings. The molecule has 1 saturated carbocycles.